The fraction of sp³-hybridized carbons (Fsp3) is 0.385. The Morgan fingerprint density at radius 2 is 2.11 bits per heavy atom. The maximum Gasteiger partial charge on any atom is 0.242 e. The lowest BCUT2D eigenvalue weighted by Crippen LogP contribution is -2.34. The number of nitrogen functional groups attached to an aromatic ring is 1. The molecule has 0 aromatic heterocycles. The van der Waals surface area contributed by atoms with Gasteiger partial charge >= 0.3 is 0 Å². The monoisotopic (exact) mass is 284 g/mol. The predicted molar refractivity (Wildman–Crippen MR) is 73.5 cm³/mol. The van der Waals surface area contributed by atoms with E-state index in [0.29, 0.717) is 12.0 Å². The molecule has 4 nitrogen and oxygen atoms in total. The zero-order valence-corrected chi connectivity index (χ0v) is 11.9. The van der Waals surface area contributed by atoms with Crippen molar-refractivity contribution in [3.8, 4) is 12.3 Å². The van der Waals surface area contributed by atoms with Crippen LogP contribution < -0.4 is 10.5 Å². The van der Waals surface area contributed by atoms with Gasteiger partial charge < -0.3 is 5.73 Å². The number of anilines is 1. The fourth-order valence-electron chi connectivity index (χ4n) is 1.83. The molecule has 0 saturated carbocycles. The fourth-order valence-corrected chi connectivity index (χ4v) is 3.55. The lowest BCUT2D eigenvalue weighted by atomic mass is 10.1. The molecule has 0 saturated heterocycles. The van der Waals surface area contributed by atoms with Gasteiger partial charge in [-0.25, -0.2) is 12.8 Å². The number of terminal acetylenes is 1. The first kappa shape index (κ1) is 15.5. The van der Waals surface area contributed by atoms with Gasteiger partial charge in [-0.3, -0.25) is 0 Å². The van der Waals surface area contributed by atoms with Crippen molar-refractivity contribution in [2.45, 2.75) is 38.1 Å². The summed E-state index contributed by atoms with van der Waals surface area (Å²) in [5.74, 6) is 1.72. The summed E-state index contributed by atoms with van der Waals surface area (Å²) in [5.41, 5.74) is 5.86. The van der Waals surface area contributed by atoms with Crippen molar-refractivity contribution in [2.24, 2.45) is 0 Å². The van der Waals surface area contributed by atoms with Crippen LogP contribution in [0.3, 0.4) is 0 Å². The van der Waals surface area contributed by atoms with Crippen LogP contribution in [0.5, 0.6) is 0 Å². The van der Waals surface area contributed by atoms with Crippen LogP contribution in [0.1, 0.15) is 24.5 Å². The van der Waals surface area contributed by atoms with Gasteiger partial charge in [-0.15, -0.1) is 6.42 Å². The molecule has 104 valence electrons. The Labute approximate surface area is 113 Å². The number of rotatable bonds is 4. The third-order valence-corrected chi connectivity index (χ3v) is 4.64. The smallest absolute Gasteiger partial charge is 0.242 e. The van der Waals surface area contributed by atoms with Gasteiger partial charge in [-0.2, -0.15) is 4.72 Å². The van der Waals surface area contributed by atoms with Gasteiger partial charge in [0.1, 0.15) is 5.82 Å². The molecule has 1 atom stereocenters. The van der Waals surface area contributed by atoms with E-state index < -0.39 is 21.9 Å². The van der Waals surface area contributed by atoms with Crippen LogP contribution in [-0.2, 0) is 10.0 Å². The number of nitrogens with one attached hydrogen (secondary N) is 1. The van der Waals surface area contributed by atoms with E-state index in [1.807, 2.05) is 0 Å². The molecule has 1 unspecified atom stereocenters. The molecule has 19 heavy (non-hydrogen) atoms. The van der Waals surface area contributed by atoms with Gasteiger partial charge in [0.15, 0.2) is 0 Å². The molecule has 0 fully saturated rings. The lowest BCUT2D eigenvalue weighted by molar-refractivity contribution is 0.568. The Kier molecular flexibility index (Phi) is 4.56. The van der Waals surface area contributed by atoms with E-state index in [-0.39, 0.29) is 16.1 Å². The SMILES string of the molecule is C#CC(CC)NS(=O)(=O)c1c(C)cc(F)c(N)c1C. The van der Waals surface area contributed by atoms with E-state index in [0.717, 1.165) is 6.07 Å². The molecule has 0 amide bonds. The minimum atomic E-state index is -3.82. The van der Waals surface area contributed by atoms with Crippen molar-refractivity contribution in [1.29, 1.82) is 0 Å². The summed E-state index contributed by atoms with van der Waals surface area (Å²) < 4.78 is 40.4. The highest BCUT2D eigenvalue weighted by Gasteiger charge is 2.24. The largest absolute Gasteiger partial charge is 0.396 e. The van der Waals surface area contributed by atoms with Crippen LogP contribution in [0.2, 0.25) is 0 Å². The number of sulfonamides is 1. The van der Waals surface area contributed by atoms with E-state index in [9.17, 15) is 12.8 Å². The second-order valence-corrected chi connectivity index (χ2v) is 5.94. The first-order chi connectivity index (χ1) is 8.74. The molecule has 1 rings (SSSR count). The summed E-state index contributed by atoms with van der Waals surface area (Å²) in [5, 5.41) is 0. The number of aryl methyl sites for hydroxylation is 1. The van der Waals surface area contributed by atoms with Crippen LogP contribution in [0.25, 0.3) is 0 Å². The second-order valence-electron chi connectivity index (χ2n) is 4.29. The molecule has 0 radical (unpaired) electrons. The Bertz CT molecular complexity index is 633. The molecule has 0 aliphatic rings. The van der Waals surface area contributed by atoms with Gasteiger partial charge in [0.25, 0.3) is 0 Å². The zero-order valence-electron chi connectivity index (χ0n) is 11.1. The molecular formula is C13H17FN2O2S. The molecule has 0 spiro atoms. The highest BCUT2D eigenvalue weighted by atomic mass is 32.2. The molecule has 1 aromatic carbocycles. The summed E-state index contributed by atoms with van der Waals surface area (Å²) >= 11 is 0. The normalized spacial score (nSPS) is 13.0. The summed E-state index contributed by atoms with van der Waals surface area (Å²) in [4.78, 5) is -0.0138. The number of hydrogen-bond donors (Lipinski definition) is 2. The Morgan fingerprint density at radius 1 is 1.53 bits per heavy atom. The van der Waals surface area contributed by atoms with Crippen LogP contribution in [-0.4, -0.2) is 14.5 Å². The van der Waals surface area contributed by atoms with Crippen molar-refractivity contribution in [1.82, 2.24) is 4.72 Å². The summed E-state index contributed by atoms with van der Waals surface area (Å²) in [6.45, 7) is 4.75. The number of benzene rings is 1. The summed E-state index contributed by atoms with van der Waals surface area (Å²) in [7, 11) is -3.82. The average molecular weight is 284 g/mol. The van der Waals surface area contributed by atoms with E-state index in [2.05, 4.69) is 10.6 Å². The number of nitrogens with two attached hydrogens (primary N) is 1. The van der Waals surface area contributed by atoms with Crippen LogP contribution in [0, 0.1) is 32.0 Å². The predicted octanol–water partition coefficient (Wildman–Crippen LogP) is 1.71. The van der Waals surface area contributed by atoms with Gasteiger partial charge in [0.2, 0.25) is 10.0 Å². The van der Waals surface area contributed by atoms with E-state index >= 15 is 0 Å². The highest BCUT2D eigenvalue weighted by molar-refractivity contribution is 7.89. The molecule has 1 aromatic rings. The van der Waals surface area contributed by atoms with E-state index in [4.69, 9.17) is 12.2 Å². The van der Waals surface area contributed by atoms with Crippen molar-refractivity contribution in [2.75, 3.05) is 5.73 Å². The number of halogens is 1. The first-order valence-electron chi connectivity index (χ1n) is 5.78. The Hall–Kier alpha value is -1.58. The van der Waals surface area contributed by atoms with Gasteiger partial charge in [-0.05, 0) is 37.5 Å². The van der Waals surface area contributed by atoms with E-state index in [1.165, 1.54) is 13.8 Å². The first-order valence-corrected chi connectivity index (χ1v) is 7.26. The standard InChI is InChI=1S/C13H17FN2O2S/c1-5-10(6-2)16-19(17,18)13-8(3)7-11(14)12(15)9(13)4/h1,7,10,16H,6,15H2,2-4H3. The molecule has 0 heterocycles. The number of hydrogen-bond acceptors (Lipinski definition) is 3. The van der Waals surface area contributed by atoms with Gasteiger partial charge in [0, 0.05) is 0 Å². The van der Waals surface area contributed by atoms with Crippen LogP contribution in [0.4, 0.5) is 10.1 Å². The molecule has 6 heteroatoms. The van der Waals surface area contributed by atoms with Crippen molar-refractivity contribution in [3.63, 3.8) is 0 Å². The summed E-state index contributed by atoms with van der Waals surface area (Å²) in [6, 6.07) is 0.503. The molecule has 0 aliphatic heterocycles. The molecule has 3 N–H and O–H groups in total. The highest BCUT2D eigenvalue weighted by Crippen LogP contribution is 2.27. The van der Waals surface area contributed by atoms with Gasteiger partial charge in [-0.1, -0.05) is 12.8 Å². The lowest BCUT2D eigenvalue weighted by Gasteiger charge is -2.16. The molecular weight excluding hydrogens is 267 g/mol. The summed E-state index contributed by atoms with van der Waals surface area (Å²) in [6.07, 6.45) is 5.70. The maximum atomic E-state index is 13.4. The van der Waals surface area contributed by atoms with Crippen molar-refractivity contribution < 1.29 is 12.8 Å². The second kappa shape index (κ2) is 5.59. The van der Waals surface area contributed by atoms with Crippen molar-refractivity contribution in [3.05, 3.63) is 23.0 Å². The van der Waals surface area contributed by atoms with Crippen molar-refractivity contribution >= 4 is 15.7 Å². The van der Waals surface area contributed by atoms with Gasteiger partial charge in [0.05, 0.1) is 16.6 Å². The maximum absolute atomic E-state index is 13.4. The van der Waals surface area contributed by atoms with Crippen LogP contribution >= 0.6 is 0 Å². The molecule has 0 aliphatic carbocycles. The third-order valence-electron chi connectivity index (χ3n) is 2.88. The van der Waals surface area contributed by atoms with Crippen LogP contribution in [0.15, 0.2) is 11.0 Å². The quantitative estimate of drug-likeness (QED) is 0.653. The Morgan fingerprint density at radius 3 is 2.58 bits per heavy atom. The molecule has 0 bridgehead atoms. The van der Waals surface area contributed by atoms with E-state index in [1.54, 1.807) is 6.92 Å². The minimum Gasteiger partial charge on any atom is -0.396 e. The Balaban J connectivity index is 3.39. The average Bonchev–Trinajstić information content (AvgIpc) is 2.32. The minimum absolute atomic E-state index is 0.0138. The third kappa shape index (κ3) is 3.06. The topological polar surface area (TPSA) is 72.2 Å². The zero-order chi connectivity index (χ0) is 14.8.